The molecule has 4 heteroatoms. The lowest BCUT2D eigenvalue weighted by Crippen LogP contribution is -2.44. The van der Waals surface area contributed by atoms with E-state index in [0.29, 0.717) is 12.4 Å². The molecule has 4 nitrogen and oxygen atoms in total. The smallest absolute Gasteiger partial charge is 0.246 e. The summed E-state index contributed by atoms with van der Waals surface area (Å²) in [5.41, 5.74) is 5.42. The van der Waals surface area contributed by atoms with Crippen molar-refractivity contribution in [2.75, 3.05) is 11.5 Å². The van der Waals surface area contributed by atoms with E-state index in [1.165, 1.54) is 5.57 Å². The molecular weight excluding hydrogens is 482 g/mol. The van der Waals surface area contributed by atoms with Crippen LogP contribution in [0.15, 0.2) is 127 Å². The molecule has 0 N–H and O–H groups in total. The first kappa shape index (κ1) is 23.5. The highest BCUT2D eigenvalue weighted by Crippen LogP contribution is 2.55. The number of carbonyl (C=O) groups is 1. The van der Waals surface area contributed by atoms with Gasteiger partial charge in [0, 0.05) is 17.3 Å². The molecule has 39 heavy (non-hydrogen) atoms. The van der Waals surface area contributed by atoms with Gasteiger partial charge in [-0.1, -0.05) is 103 Å². The van der Waals surface area contributed by atoms with Gasteiger partial charge in [0.15, 0.2) is 0 Å². The van der Waals surface area contributed by atoms with E-state index in [2.05, 4.69) is 54.6 Å². The van der Waals surface area contributed by atoms with Gasteiger partial charge in [-0.2, -0.15) is 0 Å². The lowest BCUT2D eigenvalue weighted by molar-refractivity contribution is -0.122. The quantitative estimate of drug-likeness (QED) is 0.272. The third-order valence-corrected chi connectivity index (χ3v) is 8.08. The van der Waals surface area contributed by atoms with Crippen LogP contribution in [0.25, 0.3) is 0 Å². The molecule has 0 saturated carbocycles. The molecule has 2 atom stereocenters. The molecule has 2 unspecified atom stereocenters. The number of rotatable bonds is 6. The van der Waals surface area contributed by atoms with E-state index in [1.807, 2.05) is 71.6 Å². The van der Waals surface area contributed by atoms with Gasteiger partial charge in [0.1, 0.15) is 30.1 Å². The fourth-order valence-corrected chi connectivity index (χ4v) is 6.21. The number of amides is 1. The van der Waals surface area contributed by atoms with Crippen molar-refractivity contribution in [2.45, 2.75) is 30.9 Å². The number of carbonyl (C=O) groups excluding carboxylic acids is 1. The Balaban J connectivity index is 1.29. The fourth-order valence-electron chi connectivity index (χ4n) is 6.21. The first-order valence-corrected chi connectivity index (χ1v) is 13.5. The Morgan fingerprint density at radius 2 is 1.64 bits per heavy atom. The van der Waals surface area contributed by atoms with Crippen LogP contribution in [0.2, 0.25) is 0 Å². The zero-order chi connectivity index (χ0) is 26.2. The molecule has 4 aromatic carbocycles. The minimum absolute atomic E-state index is 0.0599. The zero-order valence-corrected chi connectivity index (χ0v) is 21.6. The number of anilines is 1. The summed E-state index contributed by atoms with van der Waals surface area (Å²) in [6.07, 6.45) is 8.37. The largest absolute Gasteiger partial charge is 0.491 e. The average Bonchev–Trinajstić information content (AvgIpc) is 3.50. The molecule has 4 aromatic rings. The molecule has 2 aliphatic heterocycles. The van der Waals surface area contributed by atoms with Crippen LogP contribution in [-0.2, 0) is 16.8 Å². The van der Waals surface area contributed by atoms with E-state index in [4.69, 9.17) is 9.47 Å². The molecule has 0 fully saturated rings. The van der Waals surface area contributed by atoms with E-state index in [9.17, 15) is 4.79 Å². The van der Waals surface area contributed by atoms with Gasteiger partial charge in [-0.3, -0.25) is 9.69 Å². The predicted molar refractivity (Wildman–Crippen MR) is 153 cm³/mol. The number of hydrogen-bond acceptors (Lipinski definition) is 3. The molecule has 0 radical (unpaired) electrons. The van der Waals surface area contributed by atoms with Crippen molar-refractivity contribution in [1.82, 2.24) is 0 Å². The minimum atomic E-state index is -0.887. The number of ether oxygens (including phenoxy) is 2. The van der Waals surface area contributed by atoms with Crippen LogP contribution >= 0.6 is 0 Å². The zero-order valence-electron chi connectivity index (χ0n) is 21.6. The molecule has 3 aliphatic rings. The summed E-state index contributed by atoms with van der Waals surface area (Å²) in [4.78, 5) is 16.8. The van der Waals surface area contributed by atoms with E-state index < -0.39 is 5.41 Å². The summed E-state index contributed by atoms with van der Waals surface area (Å²) in [5, 5.41) is 0. The second-order valence-electron chi connectivity index (χ2n) is 10.3. The third-order valence-electron chi connectivity index (χ3n) is 8.08. The number of fused-ring (bicyclic) bond motifs is 4. The molecule has 1 amide bonds. The van der Waals surface area contributed by atoms with Gasteiger partial charge in [-0.25, -0.2) is 0 Å². The Morgan fingerprint density at radius 1 is 0.872 bits per heavy atom. The highest BCUT2D eigenvalue weighted by atomic mass is 16.5. The van der Waals surface area contributed by atoms with Crippen LogP contribution in [0.1, 0.15) is 41.1 Å². The maximum absolute atomic E-state index is 14.8. The second kappa shape index (κ2) is 9.63. The van der Waals surface area contributed by atoms with Gasteiger partial charge in [-0.05, 0) is 47.2 Å². The molecule has 0 bridgehead atoms. The Hall–Kier alpha value is -4.57. The minimum Gasteiger partial charge on any atom is -0.491 e. The standard InChI is InChI=1S/C35H29NO3/c37-34-35(24-39-32-22-28(20-21-30(32)35)38-23-25-12-4-1-5-13-25)29-18-10-11-19-31(29)36(34)33(26-14-6-2-7-15-26)27-16-8-3-9-17-27/h1-8,10-16,18-22,33H,9,17,23-24H2. The maximum Gasteiger partial charge on any atom is 0.246 e. The topological polar surface area (TPSA) is 38.8 Å². The average molecular weight is 512 g/mol. The fraction of sp³-hybridized carbons (Fsp3) is 0.171. The number of benzene rings is 4. The predicted octanol–water partition coefficient (Wildman–Crippen LogP) is 7.31. The first-order chi connectivity index (χ1) is 19.3. The highest BCUT2D eigenvalue weighted by Gasteiger charge is 2.58. The van der Waals surface area contributed by atoms with Crippen molar-refractivity contribution in [1.29, 1.82) is 0 Å². The van der Waals surface area contributed by atoms with Crippen molar-refractivity contribution < 1.29 is 14.3 Å². The monoisotopic (exact) mass is 511 g/mol. The number of para-hydroxylation sites is 1. The van der Waals surface area contributed by atoms with Crippen molar-refractivity contribution >= 4 is 11.6 Å². The van der Waals surface area contributed by atoms with Crippen LogP contribution in [0, 0.1) is 0 Å². The molecule has 1 aliphatic carbocycles. The van der Waals surface area contributed by atoms with Crippen LogP contribution in [0.5, 0.6) is 11.5 Å². The molecule has 2 heterocycles. The number of nitrogens with zero attached hydrogens (tertiary/aromatic N) is 1. The Bertz CT molecular complexity index is 1590. The lowest BCUT2D eigenvalue weighted by atomic mass is 9.77. The van der Waals surface area contributed by atoms with Crippen LogP contribution < -0.4 is 14.4 Å². The summed E-state index contributed by atoms with van der Waals surface area (Å²) in [6, 6.07) is 34.4. The van der Waals surface area contributed by atoms with Crippen LogP contribution in [0.3, 0.4) is 0 Å². The van der Waals surface area contributed by atoms with Crippen LogP contribution in [0.4, 0.5) is 5.69 Å². The van der Waals surface area contributed by atoms with Crippen molar-refractivity contribution in [3.05, 3.63) is 149 Å². The Morgan fingerprint density at radius 3 is 2.44 bits per heavy atom. The Kier molecular flexibility index (Phi) is 5.81. The molecule has 0 saturated heterocycles. The lowest BCUT2D eigenvalue weighted by Gasteiger charge is -2.33. The van der Waals surface area contributed by atoms with E-state index in [-0.39, 0.29) is 18.6 Å². The van der Waals surface area contributed by atoms with Gasteiger partial charge >= 0.3 is 0 Å². The molecule has 1 spiro atoms. The summed E-state index contributed by atoms with van der Waals surface area (Å²) in [5.74, 6) is 1.50. The van der Waals surface area contributed by atoms with Crippen LogP contribution in [-0.4, -0.2) is 12.5 Å². The van der Waals surface area contributed by atoms with Crippen molar-refractivity contribution in [3.63, 3.8) is 0 Å². The molecular formula is C35H29NO3. The van der Waals surface area contributed by atoms with Gasteiger partial charge in [0.2, 0.25) is 5.91 Å². The summed E-state index contributed by atoms with van der Waals surface area (Å²) >= 11 is 0. The molecule has 7 rings (SSSR count). The maximum atomic E-state index is 14.8. The second-order valence-corrected chi connectivity index (χ2v) is 10.3. The summed E-state index contributed by atoms with van der Waals surface area (Å²) in [7, 11) is 0. The van der Waals surface area contributed by atoms with Gasteiger partial charge in [0.05, 0.1) is 6.04 Å². The third kappa shape index (κ3) is 3.87. The SMILES string of the molecule is O=C1N(C(C2=CC=CCC2)c2ccccc2)c2ccccc2C12COc1cc(OCc3ccccc3)ccc12. The molecule has 192 valence electrons. The molecule has 0 aromatic heterocycles. The number of hydrogen-bond donors (Lipinski definition) is 0. The van der Waals surface area contributed by atoms with Gasteiger partial charge in [0.25, 0.3) is 0 Å². The normalized spacial score (nSPS) is 19.8. The van der Waals surface area contributed by atoms with E-state index in [0.717, 1.165) is 46.5 Å². The summed E-state index contributed by atoms with van der Waals surface area (Å²) < 4.78 is 12.4. The van der Waals surface area contributed by atoms with Crippen molar-refractivity contribution in [2.24, 2.45) is 0 Å². The van der Waals surface area contributed by atoms with E-state index >= 15 is 0 Å². The number of allylic oxidation sites excluding steroid dienone is 3. The first-order valence-electron chi connectivity index (χ1n) is 13.5. The van der Waals surface area contributed by atoms with Gasteiger partial charge < -0.3 is 9.47 Å². The van der Waals surface area contributed by atoms with E-state index in [1.54, 1.807) is 0 Å². The van der Waals surface area contributed by atoms with Crippen molar-refractivity contribution in [3.8, 4) is 11.5 Å². The highest BCUT2D eigenvalue weighted by molar-refractivity contribution is 6.12. The Labute approximate surface area is 228 Å². The summed E-state index contributed by atoms with van der Waals surface area (Å²) in [6.45, 7) is 0.750. The van der Waals surface area contributed by atoms with Gasteiger partial charge in [-0.15, -0.1) is 0 Å².